The van der Waals surface area contributed by atoms with Crippen LogP contribution in [0.15, 0.2) is 24.5 Å². The van der Waals surface area contributed by atoms with E-state index in [4.69, 9.17) is 17.3 Å². The van der Waals surface area contributed by atoms with Crippen LogP contribution in [-0.2, 0) is 16.1 Å². The van der Waals surface area contributed by atoms with E-state index in [1.165, 1.54) is 11.0 Å². The number of nitrogens with one attached hydrogen (secondary N) is 1. The zero-order valence-corrected chi connectivity index (χ0v) is 18.7. The predicted molar refractivity (Wildman–Crippen MR) is 115 cm³/mol. The highest BCUT2D eigenvalue weighted by atomic mass is 35.5. The number of hydrogen-bond donors (Lipinski definition) is 2. The summed E-state index contributed by atoms with van der Waals surface area (Å²) in [6.45, 7) is 7.02. The quantitative estimate of drug-likeness (QED) is 0.696. The van der Waals surface area contributed by atoms with E-state index in [0.717, 1.165) is 17.7 Å². The average Bonchev–Trinajstić information content (AvgIpc) is 3.10. The number of amides is 2. The maximum atomic E-state index is 13.1. The molecule has 0 unspecified atom stereocenters. The molecular formula is C21H28ClN7O2. The third-order valence-electron chi connectivity index (χ3n) is 5.94. The minimum atomic E-state index is -0.604. The highest BCUT2D eigenvalue weighted by Gasteiger charge is 2.57. The number of carbonyl (C=O) groups is 2. The highest BCUT2D eigenvalue weighted by Crippen LogP contribution is 2.49. The molecule has 9 nitrogen and oxygen atoms in total. The first kappa shape index (κ1) is 21.7. The SMILES string of the molecule is CC(C)(C)C[C@@H](N)C(=O)N1C[C@@H]2C[C@@H]2[C@H]1C(=O)NCc1cc(Cl)ccc1-n1cnnn1. The molecule has 1 aromatic carbocycles. The van der Waals surface area contributed by atoms with Crippen LogP contribution >= 0.6 is 11.6 Å². The van der Waals surface area contributed by atoms with E-state index in [2.05, 4.69) is 41.6 Å². The van der Waals surface area contributed by atoms with Gasteiger partial charge in [-0.1, -0.05) is 32.4 Å². The Morgan fingerprint density at radius 1 is 1.35 bits per heavy atom. The van der Waals surface area contributed by atoms with E-state index >= 15 is 0 Å². The van der Waals surface area contributed by atoms with Crippen LogP contribution in [-0.4, -0.2) is 55.5 Å². The van der Waals surface area contributed by atoms with Gasteiger partial charge in [-0.2, -0.15) is 0 Å². The van der Waals surface area contributed by atoms with E-state index < -0.39 is 12.1 Å². The standard InChI is InChI=1S/C21H28ClN7O2/c1-21(2,3)8-16(23)20(31)28-10-13-7-15(13)18(28)19(30)24-9-12-6-14(22)4-5-17(12)29-11-25-26-27-29/h4-6,11,13,15-16,18H,7-10,23H2,1-3H3,(H,24,30)/t13-,15-,16+,18-/m0/s1. The van der Waals surface area contributed by atoms with Crippen LogP contribution in [0.1, 0.15) is 39.2 Å². The lowest BCUT2D eigenvalue weighted by Crippen LogP contribution is -2.53. The van der Waals surface area contributed by atoms with Crippen molar-refractivity contribution in [3.8, 4) is 5.69 Å². The molecule has 2 aromatic rings. The van der Waals surface area contributed by atoms with Gasteiger partial charge in [0.05, 0.1) is 11.7 Å². The van der Waals surface area contributed by atoms with Crippen LogP contribution in [0.25, 0.3) is 5.69 Å². The first-order valence-corrected chi connectivity index (χ1v) is 10.9. The van der Waals surface area contributed by atoms with Crippen LogP contribution in [0.2, 0.25) is 5.02 Å². The van der Waals surface area contributed by atoms with Crippen molar-refractivity contribution in [2.45, 2.75) is 52.2 Å². The van der Waals surface area contributed by atoms with E-state index in [9.17, 15) is 9.59 Å². The summed E-state index contributed by atoms with van der Waals surface area (Å²) in [5.74, 6) is 0.303. The van der Waals surface area contributed by atoms with Gasteiger partial charge in [0.2, 0.25) is 11.8 Å². The molecule has 1 aliphatic heterocycles. The van der Waals surface area contributed by atoms with Crippen LogP contribution in [0.5, 0.6) is 0 Å². The molecule has 1 saturated heterocycles. The summed E-state index contributed by atoms with van der Waals surface area (Å²) < 4.78 is 1.52. The average molecular weight is 446 g/mol. The largest absolute Gasteiger partial charge is 0.350 e. The van der Waals surface area contributed by atoms with Gasteiger partial charge in [0, 0.05) is 18.1 Å². The maximum Gasteiger partial charge on any atom is 0.243 e. The summed E-state index contributed by atoms with van der Waals surface area (Å²) in [5, 5.41) is 14.8. The second-order valence-electron chi connectivity index (χ2n) is 9.71. The van der Waals surface area contributed by atoms with Gasteiger partial charge in [-0.3, -0.25) is 9.59 Å². The number of tetrazole rings is 1. The van der Waals surface area contributed by atoms with Gasteiger partial charge < -0.3 is 16.0 Å². The summed E-state index contributed by atoms with van der Waals surface area (Å²) in [4.78, 5) is 27.8. The Labute approximate surface area is 186 Å². The lowest BCUT2D eigenvalue weighted by Gasteiger charge is -2.31. The summed E-state index contributed by atoms with van der Waals surface area (Å²) in [6, 6.07) is 4.24. The number of nitrogens with two attached hydrogens (primary N) is 1. The number of halogens is 1. The molecule has 3 N–H and O–H groups in total. The second kappa shape index (κ2) is 8.20. The van der Waals surface area contributed by atoms with E-state index in [-0.39, 0.29) is 29.7 Å². The monoisotopic (exact) mass is 445 g/mol. The Kier molecular flexibility index (Phi) is 5.74. The van der Waals surface area contributed by atoms with E-state index in [0.29, 0.717) is 23.9 Å². The summed E-state index contributed by atoms with van der Waals surface area (Å²) in [6.07, 6.45) is 3.03. The fourth-order valence-electron chi connectivity index (χ4n) is 4.47. The Bertz CT molecular complexity index is 973. The smallest absolute Gasteiger partial charge is 0.243 e. The van der Waals surface area contributed by atoms with E-state index in [1.807, 2.05) is 0 Å². The molecule has 0 bridgehead atoms. The van der Waals surface area contributed by atoms with Gasteiger partial charge in [-0.25, -0.2) is 4.68 Å². The number of carbonyl (C=O) groups excluding carboxylic acids is 2. The molecule has 4 rings (SSSR count). The molecule has 31 heavy (non-hydrogen) atoms. The Hall–Kier alpha value is -2.52. The number of hydrogen-bond acceptors (Lipinski definition) is 6. The maximum absolute atomic E-state index is 13.1. The Balaban J connectivity index is 1.46. The predicted octanol–water partition coefficient (Wildman–Crippen LogP) is 1.54. The van der Waals surface area contributed by atoms with Crippen molar-refractivity contribution in [1.29, 1.82) is 0 Å². The van der Waals surface area contributed by atoms with Crippen molar-refractivity contribution in [2.75, 3.05) is 6.54 Å². The summed E-state index contributed by atoms with van der Waals surface area (Å²) in [5.41, 5.74) is 7.65. The molecule has 4 atom stereocenters. The van der Waals surface area contributed by atoms with Gasteiger partial charge in [-0.15, -0.1) is 5.10 Å². The van der Waals surface area contributed by atoms with Gasteiger partial charge in [0.15, 0.2) is 0 Å². The number of benzene rings is 1. The zero-order valence-electron chi connectivity index (χ0n) is 18.0. The Morgan fingerprint density at radius 3 is 2.81 bits per heavy atom. The highest BCUT2D eigenvalue weighted by molar-refractivity contribution is 6.30. The van der Waals surface area contributed by atoms with Crippen molar-refractivity contribution < 1.29 is 9.59 Å². The van der Waals surface area contributed by atoms with Crippen molar-refractivity contribution in [2.24, 2.45) is 23.0 Å². The molecule has 2 fully saturated rings. The molecule has 1 aromatic heterocycles. The van der Waals surface area contributed by atoms with Crippen LogP contribution in [0, 0.1) is 17.3 Å². The molecule has 10 heteroatoms. The van der Waals surface area contributed by atoms with Gasteiger partial charge in [0.25, 0.3) is 0 Å². The minimum absolute atomic E-state index is 0.0608. The lowest BCUT2D eigenvalue weighted by atomic mass is 9.88. The molecule has 1 aliphatic carbocycles. The van der Waals surface area contributed by atoms with Gasteiger partial charge in [-0.05, 0) is 64.3 Å². The van der Waals surface area contributed by atoms with Crippen LogP contribution in [0.3, 0.4) is 0 Å². The normalized spacial score (nSPS) is 23.4. The summed E-state index contributed by atoms with van der Waals surface area (Å²) >= 11 is 6.16. The third-order valence-corrected chi connectivity index (χ3v) is 6.18. The number of likely N-dealkylation sites (tertiary alicyclic amines) is 1. The van der Waals surface area contributed by atoms with Crippen molar-refractivity contribution >= 4 is 23.4 Å². The first-order valence-electron chi connectivity index (χ1n) is 10.5. The number of piperidine rings is 1. The molecule has 166 valence electrons. The molecule has 0 spiro atoms. The molecule has 2 amide bonds. The second-order valence-corrected chi connectivity index (χ2v) is 10.1. The topological polar surface area (TPSA) is 119 Å². The van der Waals surface area contributed by atoms with Gasteiger partial charge in [0.1, 0.15) is 12.4 Å². The third kappa shape index (κ3) is 4.72. The fourth-order valence-corrected chi connectivity index (χ4v) is 4.66. The van der Waals surface area contributed by atoms with Gasteiger partial charge >= 0.3 is 0 Å². The zero-order chi connectivity index (χ0) is 22.3. The van der Waals surface area contributed by atoms with Crippen LogP contribution < -0.4 is 11.1 Å². The molecule has 1 saturated carbocycles. The number of rotatable bonds is 6. The minimum Gasteiger partial charge on any atom is -0.350 e. The molecule has 2 heterocycles. The molecular weight excluding hydrogens is 418 g/mol. The number of aromatic nitrogens is 4. The number of nitrogens with zero attached hydrogens (tertiary/aromatic N) is 5. The van der Waals surface area contributed by atoms with Crippen LogP contribution in [0.4, 0.5) is 0 Å². The molecule has 0 radical (unpaired) electrons. The van der Waals surface area contributed by atoms with Crippen molar-refractivity contribution in [3.63, 3.8) is 0 Å². The van der Waals surface area contributed by atoms with Crippen molar-refractivity contribution in [3.05, 3.63) is 35.1 Å². The lowest BCUT2D eigenvalue weighted by molar-refractivity contribution is -0.141. The number of fused-ring (bicyclic) bond motifs is 1. The fraction of sp³-hybridized carbons (Fsp3) is 0.571. The van der Waals surface area contributed by atoms with Crippen molar-refractivity contribution in [1.82, 2.24) is 30.4 Å². The van der Waals surface area contributed by atoms with E-state index in [1.54, 1.807) is 23.1 Å². The molecule has 2 aliphatic rings. The first-order chi connectivity index (χ1) is 14.6. The summed E-state index contributed by atoms with van der Waals surface area (Å²) in [7, 11) is 0. The Morgan fingerprint density at radius 2 is 2.13 bits per heavy atom.